The predicted molar refractivity (Wildman–Crippen MR) is 78.5 cm³/mol. The lowest BCUT2D eigenvalue weighted by molar-refractivity contribution is -0.153. The molecule has 0 bridgehead atoms. The van der Waals surface area contributed by atoms with E-state index in [4.69, 9.17) is 9.47 Å². The predicted octanol–water partition coefficient (Wildman–Crippen LogP) is 2.51. The van der Waals surface area contributed by atoms with Gasteiger partial charge in [-0.05, 0) is 44.1 Å². The van der Waals surface area contributed by atoms with Gasteiger partial charge in [-0.15, -0.1) is 0 Å². The van der Waals surface area contributed by atoms with Crippen LogP contribution < -0.4 is 5.32 Å². The van der Waals surface area contributed by atoms with E-state index in [1.54, 1.807) is 0 Å². The summed E-state index contributed by atoms with van der Waals surface area (Å²) in [7, 11) is 1.47. The molecule has 0 heterocycles. The maximum absolute atomic E-state index is 12.3. The van der Waals surface area contributed by atoms with Crippen LogP contribution in [0.25, 0.3) is 0 Å². The zero-order chi connectivity index (χ0) is 14.4. The summed E-state index contributed by atoms with van der Waals surface area (Å²) in [4.78, 5) is 12.3. The number of ether oxygens (including phenoxy) is 2. The molecular formula is C16H29NO3. The number of carbonyl (C=O) groups excluding carboxylic acids is 1. The highest BCUT2D eigenvalue weighted by Gasteiger charge is 2.51. The summed E-state index contributed by atoms with van der Waals surface area (Å²) in [6.07, 6.45) is 8.40. The van der Waals surface area contributed by atoms with Crippen molar-refractivity contribution in [1.82, 2.24) is 5.32 Å². The molecule has 0 aromatic heterocycles. The molecule has 1 atom stereocenters. The molecule has 0 radical (unpaired) electrons. The van der Waals surface area contributed by atoms with Gasteiger partial charge >= 0.3 is 5.97 Å². The molecule has 4 heteroatoms. The van der Waals surface area contributed by atoms with Crippen LogP contribution in [0.4, 0.5) is 0 Å². The number of esters is 1. The Morgan fingerprint density at radius 1 is 1.30 bits per heavy atom. The maximum atomic E-state index is 12.3. The lowest BCUT2D eigenvalue weighted by atomic mass is 9.83. The fourth-order valence-corrected chi connectivity index (χ4v) is 2.98. The highest BCUT2D eigenvalue weighted by molar-refractivity contribution is 5.82. The molecule has 2 fully saturated rings. The van der Waals surface area contributed by atoms with Crippen LogP contribution in [0.2, 0.25) is 0 Å². The molecule has 116 valence electrons. The van der Waals surface area contributed by atoms with Gasteiger partial charge in [0.05, 0.1) is 13.7 Å². The first-order valence-corrected chi connectivity index (χ1v) is 8.14. The smallest absolute Gasteiger partial charge is 0.328 e. The van der Waals surface area contributed by atoms with Gasteiger partial charge in [-0.3, -0.25) is 5.32 Å². The Hall–Kier alpha value is -0.610. The largest absolute Gasteiger partial charge is 0.468 e. The zero-order valence-electron chi connectivity index (χ0n) is 13.0. The molecule has 1 unspecified atom stereocenters. The van der Waals surface area contributed by atoms with Crippen LogP contribution in [-0.4, -0.2) is 38.4 Å². The molecule has 2 saturated carbocycles. The summed E-state index contributed by atoms with van der Waals surface area (Å²) in [6, 6.07) is 0. The van der Waals surface area contributed by atoms with Crippen LogP contribution in [0.5, 0.6) is 0 Å². The quantitative estimate of drug-likeness (QED) is 0.494. The Kier molecular flexibility index (Phi) is 5.85. The molecule has 2 aliphatic carbocycles. The second kappa shape index (κ2) is 7.41. The van der Waals surface area contributed by atoms with E-state index in [2.05, 4.69) is 12.2 Å². The Balaban J connectivity index is 1.84. The van der Waals surface area contributed by atoms with E-state index < -0.39 is 5.54 Å². The van der Waals surface area contributed by atoms with Crippen molar-refractivity contribution in [3.63, 3.8) is 0 Å². The Morgan fingerprint density at radius 3 is 2.55 bits per heavy atom. The maximum Gasteiger partial charge on any atom is 0.328 e. The SMILES string of the molecule is CCCNC(COCCC1CCC1)(C(=O)OC)C1CC1. The molecule has 2 rings (SSSR count). The third-order valence-corrected chi connectivity index (χ3v) is 4.74. The number of carbonyl (C=O) groups is 1. The first kappa shape index (κ1) is 15.8. The highest BCUT2D eigenvalue weighted by Crippen LogP contribution is 2.41. The minimum absolute atomic E-state index is 0.155. The van der Waals surface area contributed by atoms with Crippen LogP contribution in [0, 0.1) is 11.8 Å². The molecule has 1 N–H and O–H groups in total. The number of nitrogens with one attached hydrogen (secondary N) is 1. The van der Waals surface area contributed by atoms with Gasteiger partial charge in [0.25, 0.3) is 0 Å². The average molecular weight is 283 g/mol. The molecule has 0 spiro atoms. The molecule has 0 aromatic rings. The number of hydrogen-bond acceptors (Lipinski definition) is 4. The Labute approximate surface area is 122 Å². The van der Waals surface area contributed by atoms with E-state index in [1.807, 2.05) is 0 Å². The van der Waals surface area contributed by atoms with Crippen molar-refractivity contribution in [2.45, 2.75) is 57.4 Å². The number of methoxy groups -OCH3 is 1. The monoisotopic (exact) mass is 283 g/mol. The summed E-state index contributed by atoms with van der Waals surface area (Å²) in [5, 5.41) is 3.41. The third kappa shape index (κ3) is 3.73. The first-order chi connectivity index (χ1) is 9.73. The summed E-state index contributed by atoms with van der Waals surface area (Å²) in [6.45, 7) is 4.16. The van der Waals surface area contributed by atoms with E-state index in [0.717, 1.165) is 44.8 Å². The van der Waals surface area contributed by atoms with E-state index in [0.29, 0.717) is 12.5 Å². The van der Waals surface area contributed by atoms with Crippen molar-refractivity contribution in [2.75, 3.05) is 26.9 Å². The van der Waals surface area contributed by atoms with Gasteiger partial charge in [0.15, 0.2) is 0 Å². The molecule has 20 heavy (non-hydrogen) atoms. The standard InChI is InChI=1S/C16H29NO3/c1-3-10-17-16(14-7-8-14,15(18)19-2)12-20-11-9-13-5-4-6-13/h13-14,17H,3-12H2,1-2H3. The van der Waals surface area contributed by atoms with Gasteiger partial charge in [-0.25, -0.2) is 4.79 Å². The van der Waals surface area contributed by atoms with Crippen LogP contribution in [0.15, 0.2) is 0 Å². The van der Waals surface area contributed by atoms with Crippen LogP contribution in [0.1, 0.15) is 51.9 Å². The minimum Gasteiger partial charge on any atom is -0.468 e. The van der Waals surface area contributed by atoms with Gasteiger partial charge in [0.1, 0.15) is 5.54 Å². The number of hydrogen-bond donors (Lipinski definition) is 1. The Morgan fingerprint density at radius 2 is 2.05 bits per heavy atom. The van der Waals surface area contributed by atoms with Crippen molar-refractivity contribution < 1.29 is 14.3 Å². The van der Waals surface area contributed by atoms with Crippen molar-refractivity contribution in [2.24, 2.45) is 11.8 Å². The molecule has 0 saturated heterocycles. The van der Waals surface area contributed by atoms with Crippen molar-refractivity contribution in [3.8, 4) is 0 Å². The van der Waals surface area contributed by atoms with Crippen LogP contribution in [-0.2, 0) is 14.3 Å². The second-order valence-corrected chi connectivity index (χ2v) is 6.30. The topological polar surface area (TPSA) is 47.6 Å². The van der Waals surface area contributed by atoms with Gasteiger partial charge in [0.2, 0.25) is 0 Å². The van der Waals surface area contributed by atoms with Crippen LogP contribution in [0.3, 0.4) is 0 Å². The molecule has 0 amide bonds. The van der Waals surface area contributed by atoms with E-state index in [9.17, 15) is 4.79 Å². The van der Waals surface area contributed by atoms with Gasteiger partial charge in [-0.2, -0.15) is 0 Å². The Bertz CT molecular complexity index is 313. The minimum atomic E-state index is -0.607. The lowest BCUT2D eigenvalue weighted by Gasteiger charge is -2.32. The fraction of sp³-hybridized carbons (Fsp3) is 0.938. The van der Waals surface area contributed by atoms with Crippen LogP contribution >= 0.6 is 0 Å². The third-order valence-electron chi connectivity index (χ3n) is 4.74. The molecule has 2 aliphatic rings. The summed E-state index contributed by atoms with van der Waals surface area (Å²) in [5.41, 5.74) is -0.607. The normalized spacial score (nSPS) is 22.1. The molecule has 0 aromatic carbocycles. The molecule has 4 nitrogen and oxygen atoms in total. The highest BCUT2D eigenvalue weighted by atomic mass is 16.5. The van der Waals surface area contributed by atoms with Crippen molar-refractivity contribution in [1.29, 1.82) is 0 Å². The van der Waals surface area contributed by atoms with Gasteiger partial charge in [-0.1, -0.05) is 26.2 Å². The van der Waals surface area contributed by atoms with E-state index >= 15 is 0 Å². The van der Waals surface area contributed by atoms with E-state index in [1.165, 1.54) is 26.4 Å². The molecular weight excluding hydrogens is 254 g/mol. The van der Waals surface area contributed by atoms with Gasteiger partial charge < -0.3 is 9.47 Å². The lowest BCUT2D eigenvalue weighted by Crippen LogP contribution is -2.58. The van der Waals surface area contributed by atoms with Crippen molar-refractivity contribution >= 4 is 5.97 Å². The average Bonchev–Trinajstić information content (AvgIpc) is 3.24. The fourth-order valence-electron chi connectivity index (χ4n) is 2.98. The zero-order valence-corrected chi connectivity index (χ0v) is 13.0. The molecule has 0 aliphatic heterocycles. The number of rotatable bonds is 10. The summed E-state index contributed by atoms with van der Waals surface area (Å²) in [5.74, 6) is 1.08. The first-order valence-electron chi connectivity index (χ1n) is 8.14. The summed E-state index contributed by atoms with van der Waals surface area (Å²) >= 11 is 0. The van der Waals surface area contributed by atoms with E-state index in [-0.39, 0.29) is 5.97 Å². The van der Waals surface area contributed by atoms with Gasteiger partial charge in [0, 0.05) is 6.61 Å². The second-order valence-electron chi connectivity index (χ2n) is 6.30. The summed E-state index contributed by atoms with van der Waals surface area (Å²) < 4.78 is 10.9. The van der Waals surface area contributed by atoms with Crippen molar-refractivity contribution in [3.05, 3.63) is 0 Å².